The molecule has 0 aliphatic carbocycles. The lowest BCUT2D eigenvalue weighted by Gasteiger charge is -2.20. The van der Waals surface area contributed by atoms with Crippen molar-refractivity contribution in [2.45, 2.75) is 32.7 Å². The van der Waals surface area contributed by atoms with Gasteiger partial charge in [-0.3, -0.25) is 14.6 Å². The second-order valence-electron chi connectivity index (χ2n) is 7.36. The molecule has 2 amide bonds. The zero-order chi connectivity index (χ0) is 21.8. The van der Waals surface area contributed by atoms with Gasteiger partial charge in [0, 0.05) is 6.42 Å². The van der Waals surface area contributed by atoms with Crippen LogP contribution in [-0.4, -0.2) is 36.6 Å². The van der Waals surface area contributed by atoms with E-state index >= 15 is 0 Å². The minimum atomic E-state index is -0.756. The number of carbonyl (C=O) groups is 3. The number of para-hydroxylation sites is 1. The molecule has 0 spiro atoms. The van der Waals surface area contributed by atoms with Crippen LogP contribution < -0.4 is 16.1 Å². The number of esters is 1. The van der Waals surface area contributed by atoms with Crippen molar-refractivity contribution in [3.63, 3.8) is 0 Å². The highest BCUT2D eigenvalue weighted by Crippen LogP contribution is 2.31. The van der Waals surface area contributed by atoms with Gasteiger partial charge in [-0.1, -0.05) is 32.0 Å². The maximum Gasteiger partial charge on any atom is 0.341 e. The van der Waals surface area contributed by atoms with Crippen LogP contribution in [0.5, 0.6) is 0 Å². The highest BCUT2D eigenvalue weighted by atomic mass is 32.1. The van der Waals surface area contributed by atoms with Crippen LogP contribution in [0.3, 0.4) is 0 Å². The number of nitrogens with two attached hydrogens (primary N) is 1. The van der Waals surface area contributed by atoms with E-state index in [1.54, 1.807) is 12.1 Å². The maximum atomic E-state index is 12.9. The number of rotatable bonds is 7. The van der Waals surface area contributed by atoms with Crippen LogP contribution in [0.2, 0.25) is 0 Å². The van der Waals surface area contributed by atoms with Crippen molar-refractivity contribution in [2.75, 3.05) is 17.4 Å². The molecule has 0 fully saturated rings. The van der Waals surface area contributed by atoms with Crippen molar-refractivity contribution in [2.24, 2.45) is 16.8 Å². The fourth-order valence-corrected chi connectivity index (χ4v) is 4.22. The van der Waals surface area contributed by atoms with E-state index in [2.05, 4.69) is 10.4 Å². The molecule has 1 aromatic carbocycles. The molecular weight excluding hydrogens is 404 g/mol. The lowest BCUT2D eigenvalue weighted by molar-refractivity contribution is -0.119. The number of anilines is 2. The summed E-state index contributed by atoms with van der Waals surface area (Å²) < 4.78 is 4.90. The lowest BCUT2D eigenvalue weighted by atomic mass is 10.0. The van der Waals surface area contributed by atoms with Gasteiger partial charge in [-0.25, -0.2) is 4.79 Å². The summed E-state index contributed by atoms with van der Waals surface area (Å²) >= 11 is 1.26. The molecule has 0 saturated heterocycles. The Balaban J connectivity index is 1.86. The number of nitrogens with zero attached hydrogens (tertiary/aromatic N) is 2. The summed E-state index contributed by atoms with van der Waals surface area (Å²) in [7, 11) is 1.31. The minimum Gasteiger partial charge on any atom is -0.465 e. The molecular formula is C21H24N4O4S. The monoisotopic (exact) mass is 428 g/mol. The first-order valence-electron chi connectivity index (χ1n) is 9.52. The van der Waals surface area contributed by atoms with Crippen LogP contribution in [0.4, 0.5) is 10.7 Å². The highest BCUT2D eigenvalue weighted by molar-refractivity contribution is 7.15. The van der Waals surface area contributed by atoms with Crippen LogP contribution >= 0.6 is 11.3 Å². The Bertz CT molecular complexity index is 984. The first-order chi connectivity index (χ1) is 14.3. The van der Waals surface area contributed by atoms with E-state index in [-0.39, 0.29) is 12.1 Å². The van der Waals surface area contributed by atoms with Crippen LogP contribution in [-0.2, 0) is 20.7 Å². The van der Waals surface area contributed by atoms with Gasteiger partial charge < -0.3 is 15.8 Å². The van der Waals surface area contributed by atoms with Crippen LogP contribution in [0.25, 0.3) is 0 Å². The molecule has 1 unspecified atom stereocenters. The van der Waals surface area contributed by atoms with E-state index in [0.717, 1.165) is 5.56 Å². The summed E-state index contributed by atoms with van der Waals surface area (Å²) in [6.07, 6.45) is 0.761. The van der Waals surface area contributed by atoms with Crippen LogP contribution in [0, 0.1) is 5.92 Å². The largest absolute Gasteiger partial charge is 0.465 e. The van der Waals surface area contributed by atoms with Crippen molar-refractivity contribution >= 4 is 45.5 Å². The van der Waals surface area contributed by atoms with E-state index in [0.29, 0.717) is 28.6 Å². The van der Waals surface area contributed by atoms with E-state index in [1.807, 2.05) is 37.4 Å². The van der Waals surface area contributed by atoms with Crippen molar-refractivity contribution in [3.8, 4) is 0 Å². The zero-order valence-electron chi connectivity index (χ0n) is 17.0. The summed E-state index contributed by atoms with van der Waals surface area (Å²) in [4.78, 5) is 37.1. The smallest absolute Gasteiger partial charge is 0.341 e. The minimum absolute atomic E-state index is 0.0772. The summed E-state index contributed by atoms with van der Waals surface area (Å²) in [5.74, 6) is -1.23. The normalized spacial score (nSPS) is 15.8. The van der Waals surface area contributed by atoms with E-state index in [4.69, 9.17) is 10.5 Å². The molecule has 30 heavy (non-hydrogen) atoms. The van der Waals surface area contributed by atoms with Crippen molar-refractivity contribution in [1.82, 2.24) is 0 Å². The Morgan fingerprint density at radius 2 is 2.00 bits per heavy atom. The predicted octanol–water partition coefficient (Wildman–Crippen LogP) is 2.79. The molecule has 2 aromatic rings. The number of ether oxygens (including phenoxy) is 1. The average Bonchev–Trinajstić information content (AvgIpc) is 3.32. The number of thiophene rings is 1. The van der Waals surface area contributed by atoms with Crippen LogP contribution in [0.1, 0.15) is 36.2 Å². The molecule has 0 bridgehead atoms. The van der Waals surface area contributed by atoms with Crippen LogP contribution in [0.15, 0.2) is 40.8 Å². The number of nitrogens with one attached hydrogen (secondary N) is 1. The Labute approximate surface area is 178 Å². The van der Waals surface area contributed by atoms with Gasteiger partial charge in [0.25, 0.3) is 5.91 Å². The van der Waals surface area contributed by atoms with Gasteiger partial charge in [0.2, 0.25) is 5.91 Å². The number of hydrogen-bond donors (Lipinski definition) is 2. The number of amides is 2. The third kappa shape index (κ3) is 4.51. The van der Waals surface area contributed by atoms with Gasteiger partial charge in [0.15, 0.2) is 0 Å². The topological polar surface area (TPSA) is 114 Å². The molecule has 1 atom stereocenters. The zero-order valence-corrected chi connectivity index (χ0v) is 17.9. The Morgan fingerprint density at radius 3 is 2.60 bits per heavy atom. The number of carbonyl (C=O) groups excluding carboxylic acids is 3. The molecule has 158 valence electrons. The molecule has 1 aromatic heterocycles. The Morgan fingerprint density at radius 1 is 1.30 bits per heavy atom. The van der Waals surface area contributed by atoms with E-state index < -0.39 is 23.8 Å². The second kappa shape index (κ2) is 9.08. The summed E-state index contributed by atoms with van der Waals surface area (Å²) in [5, 5.41) is 10.8. The maximum absolute atomic E-state index is 12.9. The Kier molecular flexibility index (Phi) is 6.51. The molecule has 0 saturated carbocycles. The number of benzene rings is 1. The molecule has 0 radical (unpaired) electrons. The molecule has 3 rings (SSSR count). The van der Waals surface area contributed by atoms with E-state index in [1.165, 1.54) is 23.5 Å². The van der Waals surface area contributed by atoms with Gasteiger partial charge in [0.1, 0.15) is 16.8 Å². The summed E-state index contributed by atoms with van der Waals surface area (Å²) in [6.45, 7) is 4.10. The number of primary amides is 1. The summed E-state index contributed by atoms with van der Waals surface area (Å²) in [5.41, 5.74) is 7.53. The molecule has 9 heteroatoms. The molecule has 8 nitrogen and oxygen atoms in total. The number of methoxy groups -OCH3 is 1. The third-order valence-corrected chi connectivity index (χ3v) is 5.58. The van der Waals surface area contributed by atoms with Crippen molar-refractivity contribution < 1.29 is 19.1 Å². The molecule has 1 aliphatic heterocycles. The fraction of sp³-hybridized carbons (Fsp3) is 0.333. The predicted molar refractivity (Wildman–Crippen MR) is 117 cm³/mol. The number of hydrazone groups is 1. The van der Waals surface area contributed by atoms with Gasteiger partial charge in [0.05, 0.1) is 18.4 Å². The third-order valence-electron chi connectivity index (χ3n) is 4.63. The van der Waals surface area contributed by atoms with Gasteiger partial charge in [-0.15, -0.1) is 11.3 Å². The molecule has 1 aliphatic rings. The van der Waals surface area contributed by atoms with Gasteiger partial charge >= 0.3 is 5.97 Å². The Hall–Kier alpha value is -3.20. The first-order valence-corrected chi connectivity index (χ1v) is 10.4. The molecule has 3 N–H and O–H groups in total. The van der Waals surface area contributed by atoms with E-state index in [9.17, 15) is 14.4 Å². The fourth-order valence-electron chi connectivity index (χ4n) is 3.26. The number of hydrogen-bond acceptors (Lipinski definition) is 7. The average molecular weight is 429 g/mol. The van der Waals surface area contributed by atoms with Gasteiger partial charge in [-0.05, 0) is 35.4 Å². The van der Waals surface area contributed by atoms with Gasteiger partial charge in [-0.2, -0.15) is 5.10 Å². The molecule has 2 heterocycles. The van der Waals surface area contributed by atoms with Crippen molar-refractivity contribution in [3.05, 3.63) is 46.8 Å². The second-order valence-corrected chi connectivity index (χ2v) is 8.24. The standard InChI is InChI=1S/C21H24N4O4S/c1-12(2)9-13-11-30-20(17(13)21(28)29-3)23-19(27)15-10-16(18(22)26)25(24-15)14-7-5-4-6-8-14/h4-8,11-12,16H,9-10H2,1-3H3,(H2,22,26)(H,23,27). The quantitative estimate of drug-likeness (QED) is 0.658. The highest BCUT2D eigenvalue weighted by Gasteiger charge is 2.35. The lowest BCUT2D eigenvalue weighted by Crippen LogP contribution is -2.39. The first kappa shape index (κ1) is 21.5. The van der Waals surface area contributed by atoms with Crippen molar-refractivity contribution in [1.29, 1.82) is 0 Å². The SMILES string of the molecule is COC(=O)c1c(CC(C)C)csc1NC(=O)C1=NN(c2ccccc2)C(C(N)=O)C1. The summed E-state index contributed by atoms with van der Waals surface area (Å²) in [6, 6.07) is 8.28.